The third-order valence-electron chi connectivity index (χ3n) is 6.61. The first-order valence-electron chi connectivity index (χ1n) is 14.0. The molecular formula is C33H27N5O11. The second-order valence-corrected chi connectivity index (χ2v) is 9.73. The van der Waals surface area contributed by atoms with Crippen molar-refractivity contribution in [1.82, 2.24) is 5.43 Å². The van der Waals surface area contributed by atoms with Crippen LogP contribution in [0, 0.1) is 20.2 Å². The quantitative estimate of drug-likeness (QED) is 0.0474. The predicted octanol–water partition coefficient (Wildman–Crippen LogP) is 5.16. The Bertz CT molecular complexity index is 1950. The number of hydrogen-bond acceptors (Lipinski definition) is 12. The standard InChI is InChI=1S/C33H27N5O11/c1-46-28-17-22(18-29(47-2)31(28)48-3)32(40)35-24-10-8-21(9-11-24)33(41)36-34-19-23-16-26(38(44)45)12-13-27(23)49-30(39)14-7-20-5-4-6-25(15-20)37(42)43/h4-19H,1-3H3,(H,35,40)(H,36,41)/b14-7+,34-19+. The van der Waals surface area contributed by atoms with Gasteiger partial charge < -0.3 is 24.3 Å². The molecule has 16 nitrogen and oxygen atoms in total. The van der Waals surface area contributed by atoms with E-state index in [1.807, 2.05) is 0 Å². The van der Waals surface area contributed by atoms with E-state index in [9.17, 15) is 34.6 Å². The van der Waals surface area contributed by atoms with Gasteiger partial charge in [0.1, 0.15) is 5.75 Å². The molecule has 0 saturated carbocycles. The number of non-ortho nitro benzene ring substituents is 2. The Morgan fingerprint density at radius 1 is 0.735 bits per heavy atom. The van der Waals surface area contributed by atoms with Gasteiger partial charge in [0.25, 0.3) is 23.2 Å². The van der Waals surface area contributed by atoms with Gasteiger partial charge in [-0.25, -0.2) is 10.2 Å². The Hall–Kier alpha value is -7.10. The normalized spacial score (nSPS) is 10.8. The fraction of sp³-hybridized carbons (Fsp3) is 0.0909. The van der Waals surface area contributed by atoms with E-state index in [1.165, 1.54) is 88.1 Å². The highest BCUT2D eigenvalue weighted by Crippen LogP contribution is 2.38. The largest absolute Gasteiger partial charge is 0.493 e. The van der Waals surface area contributed by atoms with Gasteiger partial charge in [-0.1, -0.05) is 12.1 Å². The summed E-state index contributed by atoms with van der Waals surface area (Å²) in [7, 11) is 4.30. The average molecular weight is 670 g/mol. The van der Waals surface area contributed by atoms with Crippen molar-refractivity contribution in [2.45, 2.75) is 0 Å². The van der Waals surface area contributed by atoms with Crippen LogP contribution in [0.3, 0.4) is 0 Å². The van der Waals surface area contributed by atoms with Crippen LogP contribution in [0.15, 0.2) is 90.0 Å². The summed E-state index contributed by atoms with van der Waals surface area (Å²) in [5, 5.41) is 28.9. The summed E-state index contributed by atoms with van der Waals surface area (Å²) in [4.78, 5) is 59.1. The minimum Gasteiger partial charge on any atom is -0.493 e. The lowest BCUT2D eigenvalue weighted by atomic mass is 10.1. The summed E-state index contributed by atoms with van der Waals surface area (Å²) in [6.45, 7) is 0. The maximum absolute atomic E-state index is 12.9. The molecule has 0 aliphatic carbocycles. The number of carbonyl (C=O) groups is 3. The van der Waals surface area contributed by atoms with Crippen LogP contribution >= 0.6 is 0 Å². The first kappa shape index (κ1) is 34.8. The molecule has 0 saturated heterocycles. The second-order valence-electron chi connectivity index (χ2n) is 9.73. The van der Waals surface area contributed by atoms with Crippen molar-refractivity contribution >= 4 is 47.1 Å². The molecule has 0 aliphatic heterocycles. The number of benzene rings is 4. The fourth-order valence-electron chi connectivity index (χ4n) is 4.24. The number of nitro groups is 2. The van der Waals surface area contributed by atoms with Gasteiger partial charge in [0.15, 0.2) is 11.5 Å². The number of nitro benzene ring substituents is 2. The number of ether oxygens (including phenoxy) is 4. The van der Waals surface area contributed by atoms with E-state index < -0.39 is 27.6 Å². The summed E-state index contributed by atoms with van der Waals surface area (Å²) in [5.74, 6) is -1.19. The predicted molar refractivity (Wildman–Crippen MR) is 176 cm³/mol. The van der Waals surface area contributed by atoms with Crippen molar-refractivity contribution in [3.8, 4) is 23.0 Å². The molecule has 0 heterocycles. The number of hydrogen-bond donors (Lipinski definition) is 2. The lowest BCUT2D eigenvalue weighted by Gasteiger charge is -2.14. The van der Waals surface area contributed by atoms with E-state index >= 15 is 0 Å². The van der Waals surface area contributed by atoms with Gasteiger partial charge in [0, 0.05) is 52.7 Å². The number of methoxy groups -OCH3 is 3. The molecule has 0 atom stereocenters. The number of nitrogens with zero attached hydrogens (tertiary/aromatic N) is 3. The minimum absolute atomic E-state index is 0.00329. The Labute approximate surface area is 277 Å². The van der Waals surface area contributed by atoms with Crippen LogP contribution in [0.25, 0.3) is 6.08 Å². The van der Waals surface area contributed by atoms with Crippen molar-refractivity contribution in [3.63, 3.8) is 0 Å². The summed E-state index contributed by atoms with van der Waals surface area (Å²) in [5.41, 5.74) is 2.93. The summed E-state index contributed by atoms with van der Waals surface area (Å²) in [6, 6.07) is 17.8. The van der Waals surface area contributed by atoms with Crippen molar-refractivity contribution in [2.75, 3.05) is 26.6 Å². The molecular weight excluding hydrogens is 642 g/mol. The zero-order chi connectivity index (χ0) is 35.5. The molecule has 2 amide bonds. The van der Waals surface area contributed by atoms with Gasteiger partial charge >= 0.3 is 5.97 Å². The molecule has 0 aromatic heterocycles. The minimum atomic E-state index is -0.878. The lowest BCUT2D eigenvalue weighted by Crippen LogP contribution is -2.18. The van der Waals surface area contributed by atoms with Crippen LogP contribution < -0.4 is 29.7 Å². The third kappa shape index (κ3) is 9.01. The van der Waals surface area contributed by atoms with Crippen molar-refractivity contribution < 1.29 is 43.2 Å². The molecule has 0 aliphatic rings. The fourth-order valence-corrected chi connectivity index (χ4v) is 4.24. The molecule has 2 N–H and O–H groups in total. The molecule has 0 unspecified atom stereocenters. The highest BCUT2D eigenvalue weighted by atomic mass is 16.6. The summed E-state index contributed by atoms with van der Waals surface area (Å²) in [6.07, 6.45) is 3.39. The number of carbonyl (C=O) groups excluding carboxylic acids is 3. The van der Waals surface area contributed by atoms with E-state index in [-0.39, 0.29) is 33.8 Å². The van der Waals surface area contributed by atoms with E-state index in [0.29, 0.717) is 28.5 Å². The van der Waals surface area contributed by atoms with Gasteiger partial charge in [-0.05, 0) is 54.1 Å². The van der Waals surface area contributed by atoms with Crippen LogP contribution in [-0.4, -0.2) is 55.2 Å². The van der Waals surface area contributed by atoms with Crippen LogP contribution in [0.5, 0.6) is 23.0 Å². The number of rotatable bonds is 13. The number of nitrogens with one attached hydrogen (secondary N) is 2. The monoisotopic (exact) mass is 669 g/mol. The van der Waals surface area contributed by atoms with Crippen LogP contribution in [-0.2, 0) is 4.79 Å². The molecule has 16 heteroatoms. The van der Waals surface area contributed by atoms with Crippen molar-refractivity contribution in [1.29, 1.82) is 0 Å². The molecule has 0 radical (unpaired) electrons. The Morgan fingerprint density at radius 2 is 1.39 bits per heavy atom. The molecule has 250 valence electrons. The van der Waals surface area contributed by atoms with E-state index in [1.54, 1.807) is 6.07 Å². The van der Waals surface area contributed by atoms with E-state index in [2.05, 4.69) is 15.8 Å². The highest BCUT2D eigenvalue weighted by Gasteiger charge is 2.18. The molecule has 4 rings (SSSR count). The van der Waals surface area contributed by atoms with Crippen LogP contribution in [0.4, 0.5) is 17.1 Å². The summed E-state index contributed by atoms with van der Waals surface area (Å²) < 4.78 is 21.1. The van der Waals surface area contributed by atoms with Gasteiger partial charge in [-0.3, -0.25) is 29.8 Å². The zero-order valence-corrected chi connectivity index (χ0v) is 26.1. The summed E-state index contributed by atoms with van der Waals surface area (Å²) >= 11 is 0. The Kier molecular flexibility index (Phi) is 11.3. The van der Waals surface area contributed by atoms with Gasteiger partial charge in [-0.2, -0.15) is 5.10 Å². The second kappa shape index (κ2) is 15.9. The molecule has 0 bridgehead atoms. The number of hydrazone groups is 1. The van der Waals surface area contributed by atoms with E-state index in [4.69, 9.17) is 18.9 Å². The maximum Gasteiger partial charge on any atom is 0.336 e. The van der Waals surface area contributed by atoms with Gasteiger partial charge in [-0.15, -0.1) is 0 Å². The smallest absolute Gasteiger partial charge is 0.336 e. The molecule has 4 aromatic carbocycles. The Balaban J connectivity index is 1.42. The van der Waals surface area contributed by atoms with Gasteiger partial charge in [0.05, 0.1) is 37.4 Å². The SMILES string of the molecule is COc1cc(C(=O)Nc2ccc(C(=O)N/N=C/c3cc([N+](=O)[O-])ccc3OC(=O)/C=C/c3cccc([N+](=O)[O-])c3)cc2)cc(OC)c1OC. The average Bonchev–Trinajstić information content (AvgIpc) is 3.10. The number of esters is 1. The molecule has 49 heavy (non-hydrogen) atoms. The first-order chi connectivity index (χ1) is 23.5. The van der Waals surface area contributed by atoms with E-state index in [0.717, 1.165) is 24.4 Å². The number of anilines is 1. The van der Waals surface area contributed by atoms with Crippen LogP contribution in [0.1, 0.15) is 31.8 Å². The van der Waals surface area contributed by atoms with Crippen molar-refractivity contribution in [2.24, 2.45) is 5.10 Å². The Morgan fingerprint density at radius 3 is 2.00 bits per heavy atom. The number of amides is 2. The lowest BCUT2D eigenvalue weighted by molar-refractivity contribution is -0.385. The molecule has 4 aromatic rings. The van der Waals surface area contributed by atoms with Gasteiger partial charge in [0.2, 0.25) is 5.75 Å². The van der Waals surface area contributed by atoms with Crippen molar-refractivity contribution in [3.05, 3.63) is 127 Å². The topological polar surface area (TPSA) is 211 Å². The zero-order valence-electron chi connectivity index (χ0n) is 26.1. The maximum atomic E-state index is 12.9. The molecule has 0 fully saturated rings. The first-order valence-corrected chi connectivity index (χ1v) is 14.0. The third-order valence-corrected chi connectivity index (χ3v) is 6.61. The molecule has 0 spiro atoms. The highest BCUT2D eigenvalue weighted by molar-refractivity contribution is 6.05. The van der Waals surface area contributed by atoms with Crippen LogP contribution in [0.2, 0.25) is 0 Å².